The van der Waals surface area contributed by atoms with E-state index in [0.29, 0.717) is 12.8 Å². The van der Waals surface area contributed by atoms with E-state index < -0.39 is 5.97 Å². The van der Waals surface area contributed by atoms with E-state index in [1.807, 2.05) is 4.90 Å². The Balaban J connectivity index is 2.21. The van der Waals surface area contributed by atoms with Gasteiger partial charge in [-0.1, -0.05) is 12.8 Å². The third-order valence-electron chi connectivity index (χ3n) is 2.99. The van der Waals surface area contributed by atoms with Crippen LogP contribution in [-0.4, -0.2) is 35.0 Å². The summed E-state index contributed by atoms with van der Waals surface area (Å²) < 4.78 is 0. The normalized spacial score (nSPS) is 18.0. The van der Waals surface area contributed by atoms with E-state index in [1.54, 1.807) is 0 Å². The van der Waals surface area contributed by atoms with Crippen molar-refractivity contribution in [1.29, 1.82) is 0 Å². The largest absolute Gasteiger partial charge is 0.481 e. The van der Waals surface area contributed by atoms with Gasteiger partial charge in [0.1, 0.15) is 0 Å². The number of carboxylic acids is 1. The molecule has 4 nitrogen and oxygen atoms in total. The van der Waals surface area contributed by atoms with Crippen molar-refractivity contribution in [2.24, 2.45) is 0 Å². The number of nitrogens with zero attached hydrogens (tertiary/aromatic N) is 1. The van der Waals surface area contributed by atoms with Crippen molar-refractivity contribution in [3.05, 3.63) is 0 Å². The van der Waals surface area contributed by atoms with E-state index in [1.165, 1.54) is 12.8 Å². The standard InChI is InChI=1S/C12H21NO3/c14-11-7-3-1-2-5-9-13(11)10-6-4-8-12(15)16/h1-10H2,(H,15,16). The summed E-state index contributed by atoms with van der Waals surface area (Å²) in [6.07, 6.45) is 6.81. The molecule has 1 fully saturated rings. The van der Waals surface area contributed by atoms with Crippen molar-refractivity contribution in [2.75, 3.05) is 13.1 Å². The fourth-order valence-electron chi connectivity index (χ4n) is 2.03. The molecule has 0 saturated carbocycles. The number of aliphatic carboxylic acids is 1. The van der Waals surface area contributed by atoms with Crippen LogP contribution in [0.15, 0.2) is 0 Å². The number of carboxylic acid groups (broad SMARTS) is 1. The number of hydrogen-bond acceptors (Lipinski definition) is 2. The second-order valence-corrected chi connectivity index (χ2v) is 4.40. The van der Waals surface area contributed by atoms with Crippen LogP contribution in [0, 0.1) is 0 Å². The van der Waals surface area contributed by atoms with Gasteiger partial charge in [0.15, 0.2) is 0 Å². The molecule has 16 heavy (non-hydrogen) atoms. The summed E-state index contributed by atoms with van der Waals surface area (Å²) in [4.78, 5) is 23.9. The number of hydrogen-bond donors (Lipinski definition) is 1. The first-order valence-corrected chi connectivity index (χ1v) is 6.20. The van der Waals surface area contributed by atoms with Crippen molar-refractivity contribution in [1.82, 2.24) is 4.90 Å². The fourth-order valence-corrected chi connectivity index (χ4v) is 2.03. The summed E-state index contributed by atoms with van der Waals surface area (Å²) in [6.45, 7) is 1.58. The Bertz CT molecular complexity index is 240. The fraction of sp³-hybridized carbons (Fsp3) is 0.833. The summed E-state index contributed by atoms with van der Waals surface area (Å²) in [6, 6.07) is 0. The van der Waals surface area contributed by atoms with Gasteiger partial charge in [-0.25, -0.2) is 0 Å². The minimum atomic E-state index is -0.751. The molecule has 0 aromatic heterocycles. The van der Waals surface area contributed by atoms with Gasteiger partial charge < -0.3 is 10.0 Å². The molecule has 1 heterocycles. The van der Waals surface area contributed by atoms with Crippen molar-refractivity contribution in [3.63, 3.8) is 0 Å². The predicted octanol–water partition coefficient (Wildman–Crippen LogP) is 2.03. The van der Waals surface area contributed by atoms with Crippen LogP contribution in [0.4, 0.5) is 0 Å². The van der Waals surface area contributed by atoms with Crippen LogP contribution >= 0.6 is 0 Å². The van der Waals surface area contributed by atoms with E-state index in [4.69, 9.17) is 5.11 Å². The molecule has 1 saturated heterocycles. The monoisotopic (exact) mass is 227 g/mol. The molecule has 1 N–H and O–H groups in total. The summed E-state index contributed by atoms with van der Waals surface area (Å²) in [5.41, 5.74) is 0. The Hall–Kier alpha value is -1.06. The van der Waals surface area contributed by atoms with Crippen molar-refractivity contribution in [3.8, 4) is 0 Å². The highest BCUT2D eigenvalue weighted by molar-refractivity contribution is 5.76. The van der Waals surface area contributed by atoms with Gasteiger partial charge in [0.2, 0.25) is 5.91 Å². The van der Waals surface area contributed by atoms with Crippen LogP contribution in [0.1, 0.15) is 51.4 Å². The summed E-state index contributed by atoms with van der Waals surface area (Å²) >= 11 is 0. The van der Waals surface area contributed by atoms with Crippen molar-refractivity contribution >= 4 is 11.9 Å². The number of likely N-dealkylation sites (tertiary alicyclic amines) is 1. The first-order chi connectivity index (χ1) is 7.70. The molecule has 0 bridgehead atoms. The minimum absolute atomic E-state index is 0.210. The van der Waals surface area contributed by atoms with Gasteiger partial charge in [-0.2, -0.15) is 0 Å². The Morgan fingerprint density at radius 3 is 2.69 bits per heavy atom. The second-order valence-electron chi connectivity index (χ2n) is 4.40. The highest BCUT2D eigenvalue weighted by Crippen LogP contribution is 2.12. The van der Waals surface area contributed by atoms with Crippen LogP contribution in [0.3, 0.4) is 0 Å². The zero-order valence-electron chi connectivity index (χ0n) is 9.78. The summed E-state index contributed by atoms with van der Waals surface area (Å²) in [5.74, 6) is -0.506. The quantitative estimate of drug-likeness (QED) is 0.731. The van der Waals surface area contributed by atoms with Crippen LogP contribution in [0.25, 0.3) is 0 Å². The lowest BCUT2D eigenvalue weighted by molar-refractivity contribution is -0.137. The van der Waals surface area contributed by atoms with E-state index in [0.717, 1.165) is 32.4 Å². The molecule has 1 rings (SSSR count). The molecular weight excluding hydrogens is 206 g/mol. The first-order valence-electron chi connectivity index (χ1n) is 6.20. The van der Waals surface area contributed by atoms with Gasteiger partial charge >= 0.3 is 5.97 Å². The third kappa shape index (κ3) is 5.14. The highest BCUT2D eigenvalue weighted by Gasteiger charge is 2.14. The molecule has 1 aliphatic rings. The van der Waals surface area contributed by atoms with E-state index >= 15 is 0 Å². The molecule has 0 aromatic rings. The lowest BCUT2D eigenvalue weighted by atomic mass is 10.1. The van der Waals surface area contributed by atoms with Crippen molar-refractivity contribution < 1.29 is 14.7 Å². The smallest absolute Gasteiger partial charge is 0.303 e. The molecule has 0 aliphatic carbocycles. The molecule has 4 heteroatoms. The summed E-state index contributed by atoms with van der Waals surface area (Å²) in [7, 11) is 0. The van der Waals surface area contributed by atoms with Gasteiger partial charge in [0, 0.05) is 25.9 Å². The van der Waals surface area contributed by atoms with E-state index in [9.17, 15) is 9.59 Å². The zero-order valence-corrected chi connectivity index (χ0v) is 9.78. The van der Waals surface area contributed by atoms with Crippen LogP contribution in [0.2, 0.25) is 0 Å². The maximum Gasteiger partial charge on any atom is 0.303 e. The molecule has 0 radical (unpaired) electrons. The Kier molecular flexibility index (Phi) is 5.90. The predicted molar refractivity (Wildman–Crippen MR) is 61.2 cm³/mol. The molecule has 0 atom stereocenters. The van der Waals surface area contributed by atoms with Gasteiger partial charge in [-0.3, -0.25) is 9.59 Å². The van der Waals surface area contributed by atoms with Gasteiger partial charge in [-0.05, 0) is 25.7 Å². The van der Waals surface area contributed by atoms with E-state index in [2.05, 4.69) is 0 Å². The van der Waals surface area contributed by atoms with Crippen LogP contribution < -0.4 is 0 Å². The molecule has 0 aromatic carbocycles. The Morgan fingerprint density at radius 1 is 1.19 bits per heavy atom. The molecule has 92 valence electrons. The zero-order chi connectivity index (χ0) is 11.8. The number of rotatable bonds is 5. The Labute approximate surface area is 96.6 Å². The molecule has 1 aliphatic heterocycles. The second kappa shape index (κ2) is 7.25. The first kappa shape index (κ1) is 13.0. The number of amides is 1. The lowest BCUT2D eigenvalue weighted by Gasteiger charge is -2.24. The highest BCUT2D eigenvalue weighted by atomic mass is 16.4. The number of carbonyl (C=O) groups is 2. The summed E-state index contributed by atoms with van der Waals surface area (Å²) in [5, 5.41) is 8.50. The third-order valence-corrected chi connectivity index (χ3v) is 2.99. The van der Waals surface area contributed by atoms with Crippen LogP contribution in [0.5, 0.6) is 0 Å². The van der Waals surface area contributed by atoms with Crippen LogP contribution in [-0.2, 0) is 9.59 Å². The Morgan fingerprint density at radius 2 is 1.94 bits per heavy atom. The SMILES string of the molecule is O=C(O)CCCCN1CCCCCCC1=O. The average Bonchev–Trinajstić information content (AvgIpc) is 2.21. The molecule has 1 amide bonds. The molecular formula is C12H21NO3. The topological polar surface area (TPSA) is 57.6 Å². The van der Waals surface area contributed by atoms with Gasteiger partial charge in [0.25, 0.3) is 0 Å². The van der Waals surface area contributed by atoms with Crippen molar-refractivity contribution in [2.45, 2.75) is 51.4 Å². The van der Waals surface area contributed by atoms with Gasteiger partial charge in [0.05, 0.1) is 0 Å². The maximum absolute atomic E-state index is 11.7. The average molecular weight is 227 g/mol. The number of unbranched alkanes of at least 4 members (excludes halogenated alkanes) is 1. The minimum Gasteiger partial charge on any atom is -0.481 e. The maximum atomic E-state index is 11.7. The molecule has 0 unspecified atom stereocenters. The number of carbonyl (C=O) groups excluding carboxylic acids is 1. The molecule has 0 spiro atoms. The lowest BCUT2D eigenvalue weighted by Crippen LogP contribution is -2.33. The van der Waals surface area contributed by atoms with E-state index in [-0.39, 0.29) is 12.3 Å². The van der Waals surface area contributed by atoms with Gasteiger partial charge in [-0.15, -0.1) is 0 Å².